The molecular weight excluding hydrogens is 272 g/mol. The van der Waals surface area contributed by atoms with Crippen molar-refractivity contribution in [2.45, 2.75) is 33.2 Å². The highest BCUT2D eigenvalue weighted by atomic mass is 16.1. The molecule has 1 amide bonds. The van der Waals surface area contributed by atoms with Gasteiger partial charge in [0.1, 0.15) is 0 Å². The summed E-state index contributed by atoms with van der Waals surface area (Å²) in [6, 6.07) is 16.3. The smallest absolute Gasteiger partial charge is 0.222 e. The topological polar surface area (TPSA) is 41.1 Å². The van der Waals surface area contributed by atoms with Gasteiger partial charge < -0.3 is 10.6 Å². The van der Waals surface area contributed by atoms with Gasteiger partial charge in [-0.1, -0.05) is 36.4 Å². The van der Waals surface area contributed by atoms with Crippen LogP contribution < -0.4 is 10.6 Å². The average Bonchev–Trinajstić information content (AvgIpc) is 2.51. The fourth-order valence-corrected chi connectivity index (χ4v) is 2.31. The zero-order valence-electron chi connectivity index (χ0n) is 13.5. The van der Waals surface area contributed by atoms with Crippen LogP contribution in [0.4, 0.5) is 5.69 Å². The minimum Gasteiger partial charge on any atom is -0.385 e. The average molecular weight is 296 g/mol. The molecule has 0 aliphatic carbocycles. The molecule has 0 aliphatic heterocycles. The molecule has 0 saturated heterocycles. The predicted octanol–water partition coefficient (Wildman–Crippen LogP) is 3.98. The Labute approximate surface area is 132 Å². The van der Waals surface area contributed by atoms with Gasteiger partial charge in [-0.15, -0.1) is 0 Å². The van der Waals surface area contributed by atoms with Gasteiger partial charge in [0.05, 0.1) is 6.04 Å². The molecule has 0 fully saturated rings. The van der Waals surface area contributed by atoms with E-state index in [1.54, 1.807) is 0 Å². The summed E-state index contributed by atoms with van der Waals surface area (Å²) in [5, 5.41) is 6.32. The van der Waals surface area contributed by atoms with Crippen molar-refractivity contribution < 1.29 is 4.79 Å². The van der Waals surface area contributed by atoms with Crippen molar-refractivity contribution in [3.63, 3.8) is 0 Å². The molecular formula is C19H24N2O. The van der Waals surface area contributed by atoms with Gasteiger partial charge in [0.25, 0.3) is 0 Å². The largest absolute Gasteiger partial charge is 0.385 e. The number of carbonyl (C=O) groups is 1. The van der Waals surface area contributed by atoms with Crippen LogP contribution in [0.2, 0.25) is 0 Å². The lowest BCUT2D eigenvalue weighted by molar-refractivity contribution is -0.121. The fraction of sp³-hybridized carbons (Fsp3) is 0.316. The summed E-state index contributed by atoms with van der Waals surface area (Å²) in [5.74, 6) is 0.0627. The molecule has 0 spiro atoms. The predicted molar refractivity (Wildman–Crippen MR) is 92.0 cm³/mol. The van der Waals surface area contributed by atoms with E-state index in [2.05, 4.69) is 36.6 Å². The summed E-state index contributed by atoms with van der Waals surface area (Å²) in [5.41, 5.74) is 4.72. The molecule has 22 heavy (non-hydrogen) atoms. The van der Waals surface area contributed by atoms with Gasteiger partial charge in [0.15, 0.2) is 0 Å². The number of aryl methyl sites for hydroxylation is 2. The number of anilines is 1. The van der Waals surface area contributed by atoms with Gasteiger partial charge in [-0.05, 0) is 49.6 Å². The molecule has 2 aromatic carbocycles. The summed E-state index contributed by atoms with van der Waals surface area (Å²) in [7, 11) is 0. The Kier molecular flexibility index (Phi) is 5.59. The second-order valence-electron chi connectivity index (χ2n) is 5.68. The normalized spacial score (nSPS) is 11.8. The molecule has 2 N–H and O–H groups in total. The maximum Gasteiger partial charge on any atom is 0.222 e. The first kappa shape index (κ1) is 16.1. The van der Waals surface area contributed by atoms with Crippen LogP contribution in [-0.2, 0) is 4.79 Å². The molecule has 0 aliphatic rings. The first-order valence-electron chi connectivity index (χ1n) is 7.71. The minimum absolute atomic E-state index is 0.0373. The highest BCUT2D eigenvalue weighted by Gasteiger charge is 2.08. The van der Waals surface area contributed by atoms with E-state index < -0.39 is 0 Å². The third kappa shape index (κ3) is 4.62. The van der Waals surface area contributed by atoms with Gasteiger partial charge in [-0.25, -0.2) is 0 Å². The van der Waals surface area contributed by atoms with Crippen molar-refractivity contribution in [3.05, 3.63) is 65.2 Å². The zero-order chi connectivity index (χ0) is 15.9. The van der Waals surface area contributed by atoms with Crippen molar-refractivity contribution in [2.24, 2.45) is 0 Å². The molecule has 116 valence electrons. The van der Waals surface area contributed by atoms with Crippen LogP contribution in [0.1, 0.15) is 36.1 Å². The van der Waals surface area contributed by atoms with E-state index >= 15 is 0 Å². The third-order valence-corrected chi connectivity index (χ3v) is 3.87. The van der Waals surface area contributed by atoms with Crippen molar-refractivity contribution in [1.29, 1.82) is 0 Å². The molecule has 1 atom stereocenters. The van der Waals surface area contributed by atoms with Crippen LogP contribution >= 0.6 is 0 Å². The number of hydrogen-bond donors (Lipinski definition) is 2. The summed E-state index contributed by atoms with van der Waals surface area (Å²) in [4.78, 5) is 12.0. The molecule has 0 heterocycles. The van der Waals surface area contributed by atoms with E-state index in [-0.39, 0.29) is 11.9 Å². The lowest BCUT2D eigenvalue weighted by Gasteiger charge is -2.14. The van der Waals surface area contributed by atoms with E-state index in [1.807, 2.05) is 43.3 Å². The minimum atomic E-state index is 0.0373. The lowest BCUT2D eigenvalue weighted by atomic mass is 10.1. The van der Waals surface area contributed by atoms with E-state index in [0.717, 1.165) is 11.3 Å². The van der Waals surface area contributed by atoms with Gasteiger partial charge in [-0.2, -0.15) is 0 Å². The number of benzene rings is 2. The van der Waals surface area contributed by atoms with Crippen LogP contribution in [0, 0.1) is 13.8 Å². The Morgan fingerprint density at radius 1 is 1.05 bits per heavy atom. The highest BCUT2D eigenvalue weighted by Crippen LogP contribution is 2.14. The fourth-order valence-electron chi connectivity index (χ4n) is 2.31. The number of amides is 1. The van der Waals surface area contributed by atoms with E-state index in [1.165, 1.54) is 11.1 Å². The second-order valence-corrected chi connectivity index (χ2v) is 5.68. The molecule has 3 heteroatoms. The molecule has 0 radical (unpaired) electrons. The van der Waals surface area contributed by atoms with Gasteiger partial charge in [-0.3, -0.25) is 4.79 Å². The standard InChI is InChI=1S/C19H24N2O/c1-14-9-10-18(13-15(14)2)20-12-11-19(22)21-16(3)17-7-5-4-6-8-17/h4-10,13,16,20H,11-12H2,1-3H3,(H,21,22). The molecule has 0 saturated carbocycles. The van der Waals surface area contributed by atoms with Crippen molar-refractivity contribution >= 4 is 11.6 Å². The number of carbonyl (C=O) groups excluding carboxylic acids is 1. The molecule has 3 nitrogen and oxygen atoms in total. The van der Waals surface area contributed by atoms with E-state index in [9.17, 15) is 4.79 Å². The molecule has 0 aromatic heterocycles. The maximum atomic E-state index is 12.0. The molecule has 2 aromatic rings. The summed E-state index contributed by atoms with van der Waals surface area (Å²) in [6.07, 6.45) is 0.462. The maximum absolute atomic E-state index is 12.0. The van der Waals surface area contributed by atoms with Gasteiger partial charge >= 0.3 is 0 Å². The Balaban J connectivity index is 1.77. The zero-order valence-corrected chi connectivity index (χ0v) is 13.5. The third-order valence-electron chi connectivity index (χ3n) is 3.87. The van der Waals surface area contributed by atoms with Gasteiger partial charge in [0.2, 0.25) is 5.91 Å². The molecule has 0 bridgehead atoms. The monoisotopic (exact) mass is 296 g/mol. The van der Waals surface area contributed by atoms with Crippen LogP contribution in [0.5, 0.6) is 0 Å². The highest BCUT2D eigenvalue weighted by molar-refractivity contribution is 5.77. The van der Waals surface area contributed by atoms with Crippen LogP contribution in [0.3, 0.4) is 0 Å². The Hall–Kier alpha value is -2.29. The van der Waals surface area contributed by atoms with Crippen molar-refractivity contribution in [1.82, 2.24) is 5.32 Å². The number of hydrogen-bond acceptors (Lipinski definition) is 2. The molecule has 2 rings (SSSR count). The van der Waals surface area contributed by atoms with Gasteiger partial charge in [0, 0.05) is 18.7 Å². The van der Waals surface area contributed by atoms with Crippen LogP contribution in [-0.4, -0.2) is 12.5 Å². The first-order valence-corrected chi connectivity index (χ1v) is 7.71. The first-order chi connectivity index (χ1) is 10.6. The van der Waals surface area contributed by atoms with Crippen LogP contribution in [0.15, 0.2) is 48.5 Å². The van der Waals surface area contributed by atoms with E-state index in [0.29, 0.717) is 13.0 Å². The Bertz CT molecular complexity index is 623. The summed E-state index contributed by atoms with van der Waals surface area (Å²) >= 11 is 0. The SMILES string of the molecule is Cc1ccc(NCCC(=O)NC(C)c2ccccc2)cc1C. The summed E-state index contributed by atoms with van der Waals surface area (Å²) < 4.78 is 0. The quantitative estimate of drug-likeness (QED) is 0.846. The molecule has 1 unspecified atom stereocenters. The lowest BCUT2D eigenvalue weighted by Crippen LogP contribution is -2.28. The number of nitrogens with one attached hydrogen (secondary N) is 2. The Morgan fingerprint density at radius 2 is 1.77 bits per heavy atom. The number of rotatable bonds is 6. The van der Waals surface area contributed by atoms with Crippen LogP contribution in [0.25, 0.3) is 0 Å². The van der Waals surface area contributed by atoms with Crippen molar-refractivity contribution in [3.8, 4) is 0 Å². The Morgan fingerprint density at radius 3 is 2.45 bits per heavy atom. The summed E-state index contributed by atoms with van der Waals surface area (Å²) in [6.45, 7) is 6.83. The second kappa shape index (κ2) is 7.64. The van der Waals surface area contributed by atoms with Crippen molar-refractivity contribution in [2.75, 3.05) is 11.9 Å². The van der Waals surface area contributed by atoms with E-state index in [4.69, 9.17) is 0 Å².